The number of rotatable bonds is 9. The Morgan fingerprint density at radius 3 is 1.67 bits per heavy atom. The average Bonchev–Trinajstić information content (AvgIpc) is 3.35. The highest BCUT2D eigenvalue weighted by Crippen LogP contribution is 2.40. The summed E-state index contributed by atoms with van der Waals surface area (Å²) in [5.41, 5.74) is 8.61. The molecule has 3 aromatic carbocycles. The highest BCUT2D eigenvalue weighted by molar-refractivity contribution is 6.47. The summed E-state index contributed by atoms with van der Waals surface area (Å²) < 4.78 is 2.32. The second-order valence-corrected chi connectivity index (χ2v) is 11.9. The smallest absolute Gasteiger partial charge is 0.281 e. The molecule has 0 aliphatic carbocycles. The lowest BCUT2D eigenvalue weighted by atomic mass is 9.91. The van der Waals surface area contributed by atoms with Crippen molar-refractivity contribution < 1.29 is 9.37 Å². The molecule has 3 nitrogen and oxygen atoms in total. The van der Waals surface area contributed by atoms with Gasteiger partial charge in [-0.15, -0.1) is 0 Å². The van der Waals surface area contributed by atoms with Gasteiger partial charge < -0.3 is 0 Å². The summed E-state index contributed by atoms with van der Waals surface area (Å²) >= 11 is 0. The summed E-state index contributed by atoms with van der Waals surface area (Å²) in [4.78, 5) is 16.6. The highest BCUT2D eigenvalue weighted by Gasteiger charge is 2.41. The summed E-state index contributed by atoms with van der Waals surface area (Å²) in [7, 11) is 0. The standard InChI is InChI=1S/C36H45N2O/c1-24(2)29-16-12-17-30(25(3)4)34(29)37-22-23-38(35-31(26(5)6)18-13-19-32(35)27(7)8)36(37)33(39)21-20-28-14-10-9-11-15-28/h9-21,24-27H,22-23H2,1-8H3/q+1/b21-20+. The first-order valence-electron chi connectivity index (χ1n) is 14.6. The van der Waals surface area contributed by atoms with Gasteiger partial charge >= 0.3 is 5.84 Å². The summed E-state index contributed by atoms with van der Waals surface area (Å²) in [6.45, 7) is 19.5. The van der Waals surface area contributed by atoms with Crippen LogP contribution in [0, 0.1) is 0 Å². The fourth-order valence-corrected chi connectivity index (χ4v) is 5.72. The predicted octanol–water partition coefficient (Wildman–Crippen LogP) is 9.03. The minimum Gasteiger partial charge on any atom is -0.281 e. The summed E-state index contributed by atoms with van der Waals surface area (Å²) in [6.07, 6.45) is 3.70. The van der Waals surface area contributed by atoms with Crippen molar-refractivity contribution in [3.05, 3.63) is 101 Å². The van der Waals surface area contributed by atoms with Crippen molar-refractivity contribution in [2.75, 3.05) is 18.0 Å². The Labute approximate surface area is 235 Å². The summed E-state index contributed by atoms with van der Waals surface area (Å²) in [6, 6.07) is 23.4. The molecule has 39 heavy (non-hydrogen) atoms. The van der Waals surface area contributed by atoms with Crippen LogP contribution in [0.5, 0.6) is 0 Å². The molecule has 0 saturated carbocycles. The van der Waals surface area contributed by atoms with Gasteiger partial charge in [0.25, 0.3) is 5.78 Å². The van der Waals surface area contributed by atoms with Crippen LogP contribution in [0.2, 0.25) is 0 Å². The molecular weight excluding hydrogens is 476 g/mol. The second-order valence-electron chi connectivity index (χ2n) is 11.9. The van der Waals surface area contributed by atoms with Crippen molar-refractivity contribution in [3.63, 3.8) is 0 Å². The molecule has 0 saturated heterocycles. The maximum absolute atomic E-state index is 14.3. The van der Waals surface area contributed by atoms with Crippen LogP contribution in [-0.2, 0) is 4.79 Å². The Morgan fingerprint density at radius 2 is 1.18 bits per heavy atom. The number of carbonyl (C=O) groups excluding carboxylic acids is 1. The van der Waals surface area contributed by atoms with Gasteiger partial charge in [-0.1, -0.05) is 128 Å². The fourth-order valence-electron chi connectivity index (χ4n) is 5.72. The van der Waals surface area contributed by atoms with Crippen molar-refractivity contribution in [2.24, 2.45) is 0 Å². The second kappa shape index (κ2) is 12.2. The lowest BCUT2D eigenvalue weighted by Crippen LogP contribution is -2.36. The minimum atomic E-state index is 0.0397. The predicted molar refractivity (Wildman–Crippen MR) is 167 cm³/mol. The monoisotopic (exact) mass is 521 g/mol. The van der Waals surface area contributed by atoms with Crippen molar-refractivity contribution in [3.8, 4) is 0 Å². The van der Waals surface area contributed by atoms with E-state index in [0.29, 0.717) is 23.7 Å². The van der Waals surface area contributed by atoms with Crippen LogP contribution in [0.1, 0.15) is 107 Å². The van der Waals surface area contributed by atoms with Gasteiger partial charge in [-0.25, -0.2) is 9.48 Å². The molecule has 3 heteroatoms. The zero-order valence-corrected chi connectivity index (χ0v) is 25.0. The van der Waals surface area contributed by atoms with E-state index in [2.05, 4.69) is 101 Å². The van der Waals surface area contributed by atoms with Crippen molar-refractivity contribution in [1.29, 1.82) is 0 Å². The summed E-state index contributed by atoms with van der Waals surface area (Å²) in [5.74, 6) is 2.18. The molecule has 0 atom stereocenters. The lowest BCUT2D eigenvalue weighted by molar-refractivity contribution is -0.429. The highest BCUT2D eigenvalue weighted by atomic mass is 16.1. The van der Waals surface area contributed by atoms with E-state index in [9.17, 15) is 4.79 Å². The minimum absolute atomic E-state index is 0.0397. The number of benzene rings is 3. The van der Waals surface area contributed by atoms with Gasteiger partial charge in [0.05, 0.1) is 0 Å². The molecule has 0 spiro atoms. The fraction of sp³-hybridized carbons (Fsp3) is 0.389. The van der Waals surface area contributed by atoms with Crippen molar-refractivity contribution in [2.45, 2.75) is 79.1 Å². The van der Waals surface area contributed by atoms with Crippen molar-refractivity contribution >= 4 is 29.1 Å². The molecule has 4 rings (SSSR count). The van der Waals surface area contributed by atoms with Crippen LogP contribution in [0.4, 0.5) is 11.4 Å². The third-order valence-electron chi connectivity index (χ3n) is 7.73. The summed E-state index contributed by atoms with van der Waals surface area (Å²) in [5, 5.41) is 0. The number of hydrogen-bond acceptors (Lipinski definition) is 2. The largest absolute Gasteiger partial charge is 0.331 e. The lowest BCUT2D eigenvalue weighted by Gasteiger charge is -2.23. The van der Waals surface area contributed by atoms with Gasteiger partial charge in [0.15, 0.2) is 0 Å². The van der Waals surface area contributed by atoms with E-state index in [4.69, 9.17) is 0 Å². The van der Waals surface area contributed by atoms with Crippen LogP contribution < -0.4 is 4.90 Å². The van der Waals surface area contributed by atoms with Gasteiger partial charge in [-0.3, -0.25) is 4.79 Å². The molecule has 1 aliphatic heterocycles. The van der Waals surface area contributed by atoms with E-state index >= 15 is 0 Å². The van der Waals surface area contributed by atoms with Crippen molar-refractivity contribution in [1.82, 2.24) is 0 Å². The molecule has 0 amide bonds. The van der Waals surface area contributed by atoms with Crippen LogP contribution in [0.3, 0.4) is 0 Å². The zero-order chi connectivity index (χ0) is 28.3. The SMILES string of the molecule is CC(C)c1cccc(C(C)C)c1N1CC[N+](c2c(C(C)C)cccc2C(C)C)=C1C(=O)/C=C/c1ccccc1. The topological polar surface area (TPSA) is 23.3 Å². The maximum Gasteiger partial charge on any atom is 0.331 e. The Kier molecular flexibility index (Phi) is 8.90. The van der Waals surface area contributed by atoms with Crippen LogP contribution in [-0.4, -0.2) is 29.3 Å². The molecule has 204 valence electrons. The molecule has 0 N–H and O–H groups in total. The molecular formula is C36H45N2O+. The van der Waals surface area contributed by atoms with E-state index in [0.717, 1.165) is 24.5 Å². The number of amidine groups is 1. The van der Waals surface area contributed by atoms with Gasteiger partial charge in [0.2, 0.25) is 0 Å². The molecule has 0 fully saturated rings. The molecule has 0 aromatic heterocycles. The normalized spacial score (nSPS) is 14.2. The number of carbonyl (C=O) groups is 1. The number of ketones is 1. The quantitative estimate of drug-likeness (QED) is 0.207. The molecule has 0 unspecified atom stereocenters. The van der Waals surface area contributed by atoms with E-state index in [1.807, 2.05) is 36.4 Å². The molecule has 1 heterocycles. The number of hydrogen-bond donors (Lipinski definition) is 0. The van der Waals surface area contributed by atoms with Crippen LogP contribution in [0.15, 0.2) is 72.8 Å². The van der Waals surface area contributed by atoms with E-state index < -0.39 is 0 Å². The average molecular weight is 522 g/mol. The van der Waals surface area contributed by atoms with Gasteiger partial charge in [0, 0.05) is 22.3 Å². The first-order chi connectivity index (χ1) is 18.6. The maximum atomic E-state index is 14.3. The van der Waals surface area contributed by atoms with E-state index in [1.165, 1.54) is 33.6 Å². The number of nitrogens with zero attached hydrogens (tertiary/aromatic N) is 2. The molecule has 0 radical (unpaired) electrons. The van der Waals surface area contributed by atoms with Gasteiger partial charge in [0.1, 0.15) is 24.5 Å². The van der Waals surface area contributed by atoms with Gasteiger partial charge in [-0.2, -0.15) is 0 Å². The molecule has 0 bridgehead atoms. The first kappa shape index (κ1) is 28.5. The third-order valence-corrected chi connectivity index (χ3v) is 7.73. The molecule has 1 aliphatic rings. The molecule has 3 aromatic rings. The Bertz CT molecular complexity index is 1320. The van der Waals surface area contributed by atoms with Crippen LogP contribution in [0.25, 0.3) is 6.08 Å². The third kappa shape index (κ3) is 5.93. The number of anilines is 1. The van der Waals surface area contributed by atoms with Gasteiger partial charge in [-0.05, 0) is 35.3 Å². The zero-order valence-electron chi connectivity index (χ0n) is 25.0. The van der Waals surface area contributed by atoms with Crippen LogP contribution >= 0.6 is 0 Å². The Hall–Kier alpha value is -3.46. The Morgan fingerprint density at radius 1 is 0.692 bits per heavy atom. The van der Waals surface area contributed by atoms with E-state index in [-0.39, 0.29) is 5.78 Å². The first-order valence-corrected chi connectivity index (χ1v) is 14.6. The van der Waals surface area contributed by atoms with E-state index in [1.54, 1.807) is 6.08 Å². The number of para-hydroxylation sites is 2. The Balaban J connectivity index is 2.01.